The van der Waals surface area contributed by atoms with Crippen LogP contribution in [0.2, 0.25) is 0 Å². The van der Waals surface area contributed by atoms with Gasteiger partial charge in [0.15, 0.2) is 0 Å². The zero-order chi connectivity index (χ0) is 25.6. The predicted octanol–water partition coefficient (Wildman–Crippen LogP) is 2.18. The first-order valence-corrected chi connectivity index (χ1v) is 11.4. The molecule has 0 spiro atoms. The number of carbonyl (C=O) groups is 4. The first-order chi connectivity index (χ1) is 16.5. The smallest absolute Gasteiger partial charge is 0.408 e. The maximum atomic E-state index is 13.4. The minimum atomic E-state index is -1.26. The number of amides is 3. The summed E-state index contributed by atoms with van der Waals surface area (Å²) in [6.45, 7) is 4.93. The zero-order valence-electron chi connectivity index (χ0n) is 20.1. The van der Waals surface area contributed by atoms with Crippen LogP contribution < -0.4 is 11.1 Å². The molecule has 1 aliphatic heterocycles. The molecular formula is C26H31N3O6. The number of nitrogens with two attached hydrogens (primary N) is 1. The van der Waals surface area contributed by atoms with Crippen molar-refractivity contribution in [3.8, 4) is 0 Å². The van der Waals surface area contributed by atoms with E-state index in [1.54, 1.807) is 32.9 Å². The predicted molar refractivity (Wildman–Crippen MR) is 128 cm³/mol. The maximum Gasteiger partial charge on any atom is 0.408 e. The second-order valence-corrected chi connectivity index (χ2v) is 9.42. The fourth-order valence-corrected chi connectivity index (χ4v) is 3.88. The summed E-state index contributed by atoms with van der Waals surface area (Å²) in [7, 11) is 0. The number of rotatable bonds is 8. The molecule has 3 unspecified atom stereocenters. The Morgan fingerprint density at radius 1 is 1.03 bits per heavy atom. The van der Waals surface area contributed by atoms with Crippen molar-refractivity contribution in [2.45, 2.75) is 51.5 Å². The first-order valence-electron chi connectivity index (χ1n) is 11.4. The molecule has 3 rings (SSSR count). The molecule has 1 saturated heterocycles. The minimum Gasteiger partial charge on any atom is -0.460 e. The Kier molecular flexibility index (Phi) is 8.11. The van der Waals surface area contributed by atoms with Crippen molar-refractivity contribution in [1.82, 2.24) is 10.2 Å². The Labute approximate surface area is 204 Å². The standard InChI is InChI=1S/C26H31N3O6/c1-26(2,3)35-25(33)28-21-19(24(32)34-16-18-12-8-5-9-13-18)15-29(23(21)31)20(22(27)30)14-17-10-6-4-7-11-17/h4-13,19-21H,14-16H2,1-3H3,(H2,27,30)(H,28,33). The molecule has 186 valence electrons. The summed E-state index contributed by atoms with van der Waals surface area (Å²) in [4.78, 5) is 52.4. The summed E-state index contributed by atoms with van der Waals surface area (Å²) in [6, 6.07) is 15.9. The van der Waals surface area contributed by atoms with Crippen LogP contribution in [0.3, 0.4) is 0 Å². The number of nitrogens with one attached hydrogen (secondary N) is 1. The van der Waals surface area contributed by atoms with Crippen molar-refractivity contribution < 1.29 is 28.7 Å². The largest absolute Gasteiger partial charge is 0.460 e. The highest BCUT2D eigenvalue weighted by atomic mass is 16.6. The second-order valence-electron chi connectivity index (χ2n) is 9.42. The third kappa shape index (κ3) is 7.05. The van der Waals surface area contributed by atoms with E-state index in [4.69, 9.17) is 15.2 Å². The highest BCUT2D eigenvalue weighted by molar-refractivity contribution is 5.97. The molecule has 0 radical (unpaired) electrons. The number of nitrogens with zero attached hydrogens (tertiary/aromatic N) is 1. The molecule has 1 heterocycles. The maximum absolute atomic E-state index is 13.4. The van der Waals surface area contributed by atoms with E-state index >= 15 is 0 Å². The molecule has 2 aromatic carbocycles. The molecule has 1 fully saturated rings. The summed E-state index contributed by atoms with van der Waals surface area (Å²) >= 11 is 0. The quantitative estimate of drug-likeness (QED) is 0.556. The SMILES string of the molecule is CC(C)(C)OC(=O)NC1C(=O)N(C(Cc2ccccc2)C(N)=O)CC1C(=O)OCc1ccccc1. The third-order valence-electron chi connectivity index (χ3n) is 5.52. The number of benzene rings is 2. The van der Waals surface area contributed by atoms with Crippen molar-refractivity contribution in [3.05, 3.63) is 71.8 Å². The van der Waals surface area contributed by atoms with Gasteiger partial charge in [-0.3, -0.25) is 14.4 Å². The van der Waals surface area contributed by atoms with Crippen LogP contribution in [-0.2, 0) is 36.9 Å². The summed E-state index contributed by atoms with van der Waals surface area (Å²) in [5, 5.41) is 2.50. The van der Waals surface area contributed by atoms with E-state index in [1.807, 2.05) is 48.5 Å². The average Bonchev–Trinajstić information content (AvgIpc) is 3.11. The normalized spacial score (nSPS) is 18.6. The summed E-state index contributed by atoms with van der Waals surface area (Å²) < 4.78 is 10.7. The third-order valence-corrected chi connectivity index (χ3v) is 5.52. The van der Waals surface area contributed by atoms with Gasteiger partial charge in [0.2, 0.25) is 11.8 Å². The van der Waals surface area contributed by atoms with Gasteiger partial charge in [0.05, 0.1) is 0 Å². The van der Waals surface area contributed by atoms with Gasteiger partial charge in [-0.15, -0.1) is 0 Å². The fourth-order valence-electron chi connectivity index (χ4n) is 3.88. The average molecular weight is 482 g/mol. The number of primary amides is 1. The van der Waals surface area contributed by atoms with Crippen LogP contribution in [0.25, 0.3) is 0 Å². The van der Waals surface area contributed by atoms with Crippen molar-refractivity contribution in [1.29, 1.82) is 0 Å². The van der Waals surface area contributed by atoms with Crippen LogP contribution in [0.15, 0.2) is 60.7 Å². The lowest BCUT2D eigenvalue weighted by atomic mass is 10.0. The van der Waals surface area contributed by atoms with Crippen molar-refractivity contribution >= 4 is 23.9 Å². The Balaban J connectivity index is 1.82. The lowest BCUT2D eigenvalue weighted by Gasteiger charge is -2.26. The van der Waals surface area contributed by atoms with E-state index in [0.29, 0.717) is 0 Å². The van der Waals surface area contributed by atoms with Gasteiger partial charge < -0.3 is 25.4 Å². The summed E-state index contributed by atoms with van der Waals surface area (Å²) in [5.41, 5.74) is 6.42. The number of likely N-dealkylation sites (tertiary alicyclic amines) is 1. The molecule has 2 aromatic rings. The van der Waals surface area contributed by atoms with Crippen LogP contribution in [0.5, 0.6) is 0 Å². The van der Waals surface area contributed by atoms with Crippen LogP contribution in [-0.4, -0.2) is 53.0 Å². The molecule has 0 bridgehead atoms. The number of alkyl carbamates (subject to hydrolysis) is 1. The van der Waals surface area contributed by atoms with Crippen LogP contribution in [0.1, 0.15) is 31.9 Å². The minimum absolute atomic E-state index is 0.00673. The Morgan fingerprint density at radius 3 is 2.14 bits per heavy atom. The van der Waals surface area contributed by atoms with Crippen LogP contribution >= 0.6 is 0 Å². The molecule has 0 aromatic heterocycles. The fraction of sp³-hybridized carbons (Fsp3) is 0.385. The van der Waals surface area contributed by atoms with Gasteiger partial charge in [-0.25, -0.2) is 4.79 Å². The highest BCUT2D eigenvalue weighted by Gasteiger charge is 2.49. The molecule has 3 atom stereocenters. The molecule has 1 aliphatic rings. The molecular weight excluding hydrogens is 450 g/mol. The van der Waals surface area contributed by atoms with Gasteiger partial charge in [-0.2, -0.15) is 0 Å². The van der Waals surface area contributed by atoms with Crippen molar-refractivity contribution in [2.24, 2.45) is 11.7 Å². The van der Waals surface area contributed by atoms with E-state index in [2.05, 4.69) is 5.32 Å². The second kappa shape index (κ2) is 11.0. The van der Waals surface area contributed by atoms with Crippen LogP contribution in [0, 0.1) is 5.92 Å². The van der Waals surface area contributed by atoms with E-state index in [1.165, 1.54) is 4.90 Å². The topological polar surface area (TPSA) is 128 Å². The van der Waals surface area contributed by atoms with E-state index < -0.39 is 47.5 Å². The number of carbonyl (C=O) groups excluding carboxylic acids is 4. The van der Waals surface area contributed by atoms with Crippen molar-refractivity contribution in [2.75, 3.05) is 6.54 Å². The van der Waals surface area contributed by atoms with E-state index in [-0.39, 0.29) is 19.6 Å². The Bertz CT molecular complexity index is 1050. The van der Waals surface area contributed by atoms with Crippen LogP contribution in [0.4, 0.5) is 4.79 Å². The number of hydrogen-bond donors (Lipinski definition) is 2. The number of esters is 1. The molecule has 35 heavy (non-hydrogen) atoms. The summed E-state index contributed by atoms with van der Waals surface area (Å²) in [5.74, 6) is -3.03. The monoisotopic (exact) mass is 481 g/mol. The molecule has 9 nitrogen and oxygen atoms in total. The van der Waals surface area contributed by atoms with E-state index in [9.17, 15) is 19.2 Å². The van der Waals surface area contributed by atoms with Gasteiger partial charge in [0, 0.05) is 13.0 Å². The number of ether oxygens (including phenoxy) is 2. The van der Waals surface area contributed by atoms with Gasteiger partial charge in [-0.05, 0) is 31.9 Å². The molecule has 0 saturated carbocycles. The Hall–Kier alpha value is -3.88. The molecule has 3 amide bonds. The van der Waals surface area contributed by atoms with Gasteiger partial charge >= 0.3 is 12.1 Å². The van der Waals surface area contributed by atoms with Gasteiger partial charge in [0.1, 0.15) is 30.2 Å². The van der Waals surface area contributed by atoms with Crippen molar-refractivity contribution in [3.63, 3.8) is 0 Å². The lowest BCUT2D eigenvalue weighted by Crippen LogP contribution is -2.51. The molecule has 9 heteroatoms. The molecule has 3 N–H and O–H groups in total. The zero-order valence-corrected chi connectivity index (χ0v) is 20.1. The number of hydrogen-bond acceptors (Lipinski definition) is 6. The molecule has 0 aliphatic carbocycles. The lowest BCUT2D eigenvalue weighted by molar-refractivity contribution is -0.150. The summed E-state index contributed by atoms with van der Waals surface area (Å²) in [6.07, 6.45) is -0.676. The highest BCUT2D eigenvalue weighted by Crippen LogP contribution is 2.25. The van der Waals surface area contributed by atoms with Gasteiger partial charge in [0.25, 0.3) is 0 Å². The Morgan fingerprint density at radius 2 is 1.60 bits per heavy atom. The van der Waals surface area contributed by atoms with Gasteiger partial charge in [-0.1, -0.05) is 60.7 Å². The first kappa shape index (κ1) is 25.7. The van der Waals surface area contributed by atoms with E-state index in [0.717, 1.165) is 11.1 Å².